The molecule has 9 heteroatoms. The lowest BCUT2D eigenvalue weighted by atomic mass is 9.99. The third kappa shape index (κ3) is 11.6. The number of carbonyl (C=O) groups is 2. The molecule has 0 amide bonds. The molecule has 6 N–H and O–H groups in total. The van der Waals surface area contributed by atoms with Gasteiger partial charge in [0.05, 0.1) is 0 Å². The third-order valence-corrected chi connectivity index (χ3v) is 4.57. The van der Waals surface area contributed by atoms with Crippen molar-refractivity contribution in [1.29, 1.82) is 0 Å². The minimum absolute atomic E-state index is 0.168. The van der Waals surface area contributed by atoms with Crippen LogP contribution in [-0.2, 0) is 14.3 Å². The van der Waals surface area contributed by atoms with Gasteiger partial charge in [0.25, 0.3) is 0 Å². The Balaban J connectivity index is 3.91. The van der Waals surface area contributed by atoms with Gasteiger partial charge in [-0.3, -0.25) is 4.79 Å². The van der Waals surface area contributed by atoms with Crippen molar-refractivity contribution in [3.05, 3.63) is 0 Å². The van der Waals surface area contributed by atoms with E-state index in [0.29, 0.717) is 6.42 Å². The zero-order valence-corrected chi connectivity index (χ0v) is 16.6. The minimum atomic E-state index is -2.33. The van der Waals surface area contributed by atoms with Crippen molar-refractivity contribution in [2.75, 3.05) is 6.61 Å². The van der Waals surface area contributed by atoms with Gasteiger partial charge < -0.3 is 35.4 Å². The van der Waals surface area contributed by atoms with E-state index in [2.05, 4.69) is 6.92 Å². The molecule has 0 aliphatic carbocycles. The fraction of sp³-hybridized carbons (Fsp3) is 0.895. The number of carbonyl (C=O) groups excluding carboxylic acids is 1. The molecule has 9 nitrogen and oxygen atoms in total. The molecule has 0 heterocycles. The summed E-state index contributed by atoms with van der Waals surface area (Å²) in [6.07, 6.45) is -0.336. The number of hydrogen-bond donors (Lipinski definition) is 6. The number of ether oxygens (including phenoxy) is 1. The largest absolute Gasteiger partial charge is 0.479 e. The molecule has 5 atom stereocenters. The number of aliphatic hydroxyl groups is 5. The molecular weight excluding hydrogens is 372 g/mol. The average Bonchev–Trinajstić information content (AvgIpc) is 2.68. The number of carboxylic acid groups (broad SMARTS) is 1. The number of aliphatic hydroxyl groups excluding tert-OH is 5. The van der Waals surface area contributed by atoms with Gasteiger partial charge in [-0.1, -0.05) is 58.3 Å². The van der Waals surface area contributed by atoms with Gasteiger partial charge in [0, 0.05) is 6.42 Å². The Hall–Kier alpha value is -1.26. The maximum Gasteiger partial charge on any atom is 0.335 e. The van der Waals surface area contributed by atoms with E-state index in [1.165, 1.54) is 32.1 Å². The van der Waals surface area contributed by atoms with E-state index < -0.39 is 49.1 Å². The van der Waals surface area contributed by atoms with Gasteiger partial charge >= 0.3 is 11.9 Å². The highest BCUT2D eigenvalue weighted by molar-refractivity contribution is 5.72. The molecule has 0 aliphatic rings. The Morgan fingerprint density at radius 1 is 0.750 bits per heavy atom. The lowest BCUT2D eigenvalue weighted by Gasteiger charge is -2.27. The molecule has 0 spiro atoms. The van der Waals surface area contributed by atoms with Crippen LogP contribution < -0.4 is 0 Å². The SMILES string of the molecule is CCCCCCCCCCCC(=O)OCC(O)[C@@H](O)[C@H](O)[C@@H](O)[C@@H](O)C(=O)O. The average molecular weight is 408 g/mol. The quantitative estimate of drug-likeness (QED) is 0.147. The first-order chi connectivity index (χ1) is 13.2. The topological polar surface area (TPSA) is 165 Å². The zero-order valence-electron chi connectivity index (χ0n) is 16.6. The summed E-state index contributed by atoms with van der Waals surface area (Å²) < 4.78 is 4.81. The molecule has 0 bridgehead atoms. The van der Waals surface area contributed by atoms with Crippen LogP contribution in [0.3, 0.4) is 0 Å². The van der Waals surface area contributed by atoms with E-state index in [1.807, 2.05) is 0 Å². The van der Waals surface area contributed by atoms with Gasteiger partial charge in [0.15, 0.2) is 6.10 Å². The van der Waals surface area contributed by atoms with E-state index in [-0.39, 0.29) is 6.42 Å². The molecule has 0 saturated carbocycles. The molecule has 0 saturated heterocycles. The smallest absolute Gasteiger partial charge is 0.335 e. The molecule has 0 aromatic rings. The van der Waals surface area contributed by atoms with Gasteiger partial charge in [-0.05, 0) is 6.42 Å². The molecular formula is C19H36O9. The zero-order chi connectivity index (χ0) is 21.5. The normalized spacial score (nSPS) is 16.8. The number of hydrogen-bond acceptors (Lipinski definition) is 8. The third-order valence-electron chi connectivity index (χ3n) is 4.57. The molecule has 0 rings (SSSR count). The van der Waals surface area contributed by atoms with Crippen molar-refractivity contribution in [3.63, 3.8) is 0 Å². The van der Waals surface area contributed by atoms with Crippen LogP contribution in [0, 0.1) is 0 Å². The highest BCUT2D eigenvalue weighted by Gasteiger charge is 2.37. The van der Waals surface area contributed by atoms with Gasteiger partial charge in [-0.25, -0.2) is 4.79 Å². The summed E-state index contributed by atoms with van der Waals surface area (Å²) in [5, 5.41) is 56.1. The van der Waals surface area contributed by atoms with Crippen molar-refractivity contribution in [2.45, 2.75) is 102 Å². The van der Waals surface area contributed by atoms with E-state index in [9.17, 15) is 30.0 Å². The monoisotopic (exact) mass is 408 g/mol. The van der Waals surface area contributed by atoms with Gasteiger partial charge in [-0.2, -0.15) is 0 Å². The first kappa shape index (κ1) is 26.7. The van der Waals surface area contributed by atoms with E-state index in [4.69, 9.17) is 14.9 Å². The summed E-state index contributed by atoms with van der Waals surface area (Å²) in [7, 11) is 0. The van der Waals surface area contributed by atoms with Crippen LogP contribution >= 0.6 is 0 Å². The molecule has 1 unspecified atom stereocenters. The maximum absolute atomic E-state index is 11.6. The van der Waals surface area contributed by atoms with Crippen molar-refractivity contribution in [3.8, 4) is 0 Å². The number of unbranched alkanes of at least 4 members (excludes halogenated alkanes) is 8. The lowest BCUT2D eigenvalue weighted by Crippen LogP contribution is -2.52. The number of rotatable bonds is 17. The first-order valence-corrected chi connectivity index (χ1v) is 10.0. The Morgan fingerprint density at radius 3 is 1.75 bits per heavy atom. The Labute approximate surface area is 166 Å². The number of carboxylic acids is 1. The summed E-state index contributed by atoms with van der Waals surface area (Å²) in [4.78, 5) is 22.2. The van der Waals surface area contributed by atoms with Gasteiger partial charge in [0.2, 0.25) is 0 Å². The van der Waals surface area contributed by atoms with Crippen LogP contribution in [0.2, 0.25) is 0 Å². The molecule has 0 aliphatic heterocycles. The van der Waals surface area contributed by atoms with Crippen molar-refractivity contribution in [1.82, 2.24) is 0 Å². The number of esters is 1. The van der Waals surface area contributed by atoms with Gasteiger partial charge in [-0.15, -0.1) is 0 Å². The van der Waals surface area contributed by atoms with Crippen LogP contribution in [-0.4, -0.2) is 79.7 Å². The van der Waals surface area contributed by atoms with Crippen molar-refractivity contribution < 1.29 is 45.0 Å². The van der Waals surface area contributed by atoms with Crippen LogP contribution in [0.25, 0.3) is 0 Å². The maximum atomic E-state index is 11.6. The fourth-order valence-corrected chi connectivity index (χ4v) is 2.69. The number of aliphatic carboxylic acids is 1. The molecule has 166 valence electrons. The highest BCUT2D eigenvalue weighted by atomic mass is 16.5. The highest BCUT2D eigenvalue weighted by Crippen LogP contribution is 2.12. The summed E-state index contributed by atoms with van der Waals surface area (Å²) in [6.45, 7) is 1.55. The Kier molecular flexibility index (Phi) is 14.9. The second-order valence-corrected chi connectivity index (χ2v) is 7.08. The lowest BCUT2D eigenvalue weighted by molar-refractivity contribution is -0.172. The predicted molar refractivity (Wildman–Crippen MR) is 100 cm³/mol. The molecule has 0 radical (unpaired) electrons. The minimum Gasteiger partial charge on any atom is -0.479 e. The fourth-order valence-electron chi connectivity index (χ4n) is 2.69. The van der Waals surface area contributed by atoms with Crippen LogP contribution in [0.4, 0.5) is 0 Å². The summed E-state index contributed by atoms with van der Waals surface area (Å²) >= 11 is 0. The van der Waals surface area contributed by atoms with Crippen molar-refractivity contribution >= 4 is 11.9 Å². The Morgan fingerprint density at radius 2 is 1.25 bits per heavy atom. The van der Waals surface area contributed by atoms with Crippen molar-refractivity contribution in [2.24, 2.45) is 0 Å². The summed E-state index contributed by atoms with van der Waals surface area (Å²) in [5.74, 6) is -2.35. The standard InChI is InChI=1S/C19H36O9/c1-2-3-4-5-6-7-8-9-10-11-14(21)28-12-13(20)15(22)16(23)17(24)18(25)19(26)27/h13,15-18,20,22-25H,2-12H2,1H3,(H,26,27)/t13?,15-,16+,17-,18-/m1/s1. The molecule has 28 heavy (non-hydrogen) atoms. The summed E-state index contributed by atoms with van der Waals surface area (Å²) in [5.41, 5.74) is 0. The second-order valence-electron chi connectivity index (χ2n) is 7.08. The summed E-state index contributed by atoms with van der Waals surface area (Å²) in [6, 6.07) is 0. The van der Waals surface area contributed by atoms with Crippen LogP contribution in [0.15, 0.2) is 0 Å². The van der Waals surface area contributed by atoms with E-state index in [1.54, 1.807) is 0 Å². The van der Waals surface area contributed by atoms with Gasteiger partial charge in [0.1, 0.15) is 31.0 Å². The Bertz CT molecular complexity index is 430. The molecule has 0 fully saturated rings. The van der Waals surface area contributed by atoms with Crippen LogP contribution in [0.5, 0.6) is 0 Å². The molecule has 0 aromatic heterocycles. The molecule has 0 aromatic carbocycles. The van der Waals surface area contributed by atoms with E-state index in [0.717, 1.165) is 19.3 Å². The predicted octanol–water partition coefficient (Wildman–Crippen LogP) is 0.340. The van der Waals surface area contributed by atoms with E-state index >= 15 is 0 Å². The van der Waals surface area contributed by atoms with Crippen LogP contribution in [0.1, 0.15) is 71.1 Å². The second kappa shape index (κ2) is 15.6. The first-order valence-electron chi connectivity index (χ1n) is 10.0.